The number of hydrogen-bond acceptors (Lipinski definition) is 2. The van der Waals surface area contributed by atoms with Gasteiger partial charge in [0.1, 0.15) is 0 Å². The second-order valence-electron chi connectivity index (χ2n) is 6.78. The summed E-state index contributed by atoms with van der Waals surface area (Å²) in [6.07, 6.45) is 5.79. The van der Waals surface area contributed by atoms with Crippen LogP contribution in [-0.4, -0.2) is 28.8 Å². The maximum atomic E-state index is 5.02. The van der Waals surface area contributed by atoms with E-state index >= 15 is 0 Å². The number of thiol groups is 1. The molecule has 1 rings (SSSR count). The van der Waals surface area contributed by atoms with Gasteiger partial charge in [-0.25, -0.2) is 0 Å². The second-order valence-corrected chi connectivity index (χ2v) is 7.76. The largest absolute Gasteiger partial charge is 0.343 e. The summed E-state index contributed by atoms with van der Waals surface area (Å²) >= 11 is 5.02. The topological polar surface area (TPSA) is 3.24 Å². The van der Waals surface area contributed by atoms with Gasteiger partial charge in [0.05, 0.1) is 0 Å². The molecule has 4 atom stereocenters. The Bertz CT molecular complexity index is 269. The molecule has 0 aliphatic carbocycles. The molecule has 0 aromatic rings. The standard InChI is InChI=1S/C16H31NS.Y/c1-7-13(2)11-15(4)16(5,18)12-14(3)9-8-10-17(15)6;/h13-14,18H,1,4,7-12H2,2-3,5-6H3;/q-2;. The smallest absolute Gasteiger partial charge is 0.000933 e. The van der Waals surface area contributed by atoms with E-state index in [4.69, 9.17) is 12.6 Å². The average molecular weight is 358 g/mol. The first-order valence-electron chi connectivity index (χ1n) is 7.31. The number of rotatable bonds is 3. The van der Waals surface area contributed by atoms with Gasteiger partial charge >= 0.3 is 0 Å². The third kappa shape index (κ3) is 4.97. The minimum Gasteiger partial charge on any atom is -0.343 e. The van der Waals surface area contributed by atoms with Crippen molar-refractivity contribution in [2.24, 2.45) is 11.8 Å². The molecule has 1 fully saturated rings. The van der Waals surface area contributed by atoms with Gasteiger partial charge in [-0.2, -0.15) is 19.0 Å². The summed E-state index contributed by atoms with van der Waals surface area (Å²) in [5.74, 6) is 1.35. The van der Waals surface area contributed by atoms with Crippen LogP contribution in [0, 0.1) is 25.7 Å². The first kappa shape index (κ1) is 20.4. The van der Waals surface area contributed by atoms with Gasteiger partial charge in [-0.1, -0.05) is 38.6 Å². The van der Waals surface area contributed by atoms with Crippen LogP contribution < -0.4 is 0 Å². The van der Waals surface area contributed by atoms with Gasteiger partial charge in [0, 0.05) is 37.5 Å². The second kappa shape index (κ2) is 8.15. The van der Waals surface area contributed by atoms with E-state index in [0.717, 1.165) is 31.7 Å². The Balaban J connectivity index is 0.00000324. The summed E-state index contributed by atoms with van der Waals surface area (Å²) in [4.78, 5) is 2.44. The van der Waals surface area contributed by atoms with Crippen LogP contribution >= 0.6 is 12.6 Å². The quantitative estimate of drug-likeness (QED) is 0.583. The maximum Gasteiger partial charge on any atom is 0.000933 e. The van der Waals surface area contributed by atoms with Crippen LogP contribution in [0.1, 0.15) is 52.9 Å². The van der Waals surface area contributed by atoms with E-state index < -0.39 is 0 Å². The molecule has 0 N–H and O–H groups in total. The van der Waals surface area contributed by atoms with E-state index in [-0.39, 0.29) is 43.0 Å². The molecule has 0 amide bonds. The first-order chi connectivity index (χ1) is 8.23. The van der Waals surface area contributed by atoms with Crippen LogP contribution in [-0.2, 0) is 32.7 Å². The summed E-state index contributed by atoms with van der Waals surface area (Å²) in [5, 5.41) is 0. The molecule has 0 bridgehead atoms. The van der Waals surface area contributed by atoms with Crippen LogP contribution in [0.25, 0.3) is 0 Å². The summed E-state index contributed by atoms with van der Waals surface area (Å²) < 4.78 is -0.0367. The summed E-state index contributed by atoms with van der Waals surface area (Å²) in [6.45, 7) is 16.7. The molecule has 4 unspecified atom stereocenters. The van der Waals surface area contributed by atoms with Crippen LogP contribution in [0.3, 0.4) is 0 Å². The predicted octanol–water partition coefficient (Wildman–Crippen LogP) is 4.25. The van der Waals surface area contributed by atoms with Crippen molar-refractivity contribution in [3.8, 4) is 0 Å². The zero-order valence-electron chi connectivity index (χ0n) is 13.3. The SMILES string of the molecule is [CH2-]CC(C)CC1([CH2-])N(C)CCCC(C)CC1(C)S.[Y]. The zero-order chi connectivity index (χ0) is 14.0. The molecule has 3 heteroatoms. The van der Waals surface area contributed by atoms with E-state index in [1.165, 1.54) is 12.8 Å². The van der Waals surface area contributed by atoms with Crippen molar-refractivity contribution in [1.82, 2.24) is 4.90 Å². The fourth-order valence-electron chi connectivity index (χ4n) is 3.33. The molecule has 0 spiro atoms. The van der Waals surface area contributed by atoms with Gasteiger partial charge in [0.25, 0.3) is 0 Å². The van der Waals surface area contributed by atoms with E-state index in [0.29, 0.717) is 5.92 Å². The van der Waals surface area contributed by atoms with Gasteiger partial charge in [-0.15, -0.1) is 0 Å². The summed E-state index contributed by atoms with van der Waals surface area (Å²) in [6, 6.07) is 0. The number of likely N-dealkylation sites (tertiary alicyclic amines) is 1. The third-order valence-electron chi connectivity index (χ3n) is 4.85. The molecule has 0 aromatic carbocycles. The maximum absolute atomic E-state index is 5.02. The van der Waals surface area contributed by atoms with Gasteiger partial charge in [0.2, 0.25) is 0 Å². The van der Waals surface area contributed by atoms with E-state index in [9.17, 15) is 0 Å². The zero-order valence-corrected chi connectivity index (χ0v) is 17.0. The fraction of sp³-hybridized carbons (Fsp3) is 0.875. The van der Waals surface area contributed by atoms with Crippen molar-refractivity contribution in [1.29, 1.82) is 0 Å². The fourth-order valence-corrected chi connectivity index (χ4v) is 3.90. The van der Waals surface area contributed by atoms with Crippen LogP contribution in [0.5, 0.6) is 0 Å². The van der Waals surface area contributed by atoms with Gasteiger partial charge in [-0.05, 0) is 38.8 Å². The Kier molecular flexibility index (Phi) is 8.76. The molecule has 0 saturated carbocycles. The number of hydrogen-bond donors (Lipinski definition) is 1. The van der Waals surface area contributed by atoms with Gasteiger partial charge in [-0.3, -0.25) is 0 Å². The Morgan fingerprint density at radius 2 is 2.05 bits per heavy atom. The third-order valence-corrected chi connectivity index (χ3v) is 5.45. The Labute approximate surface area is 152 Å². The summed E-state index contributed by atoms with van der Waals surface area (Å²) in [5.41, 5.74) is -0.0815. The minimum absolute atomic E-state index is 0. The predicted molar refractivity (Wildman–Crippen MR) is 84.9 cm³/mol. The summed E-state index contributed by atoms with van der Waals surface area (Å²) in [7, 11) is 2.22. The van der Waals surface area contributed by atoms with E-state index in [1.807, 2.05) is 0 Å². The molecule has 19 heavy (non-hydrogen) atoms. The minimum atomic E-state index is -0.0815. The van der Waals surface area contributed by atoms with Crippen molar-refractivity contribution >= 4 is 12.6 Å². The number of nitrogens with zero attached hydrogens (tertiary/aromatic N) is 1. The normalized spacial score (nSPS) is 39.0. The Morgan fingerprint density at radius 1 is 1.47 bits per heavy atom. The Hall–Kier alpha value is 1.41. The molecule has 111 valence electrons. The molecule has 1 aliphatic heterocycles. The average Bonchev–Trinajstić information content (AvgIpc) is 2.26. The van der Waals surface area contributed by atoms with E-state index in [2.05, 4.69) is 46.6 Å². The molecular formula is C16H31NSY-2. The van der Waals surface area contributed by atoms with Crippen LogP contribution in [0.15, 0.2) is 0 Å². The van der Waals surface area contributed by atoms with Crippen LogP contribution in [0.4, 0.5) is 0 Å². The Morgan fingerprint density at radius 3 is 2.58 bits per heavy atom. The van der Waals surface area contributed by atoms with Crippen molar-refractivity contribution in [2.45, 2.75) is 63.2 Å². The molecular weight excluding hydrogens is 327 g/mol. The van der Waals surface area contributed by atoms with Crippen molar-refractivity contribution in [3.05, 3.63) is 13.8 Å². The first-order valence-corrected chi connectivity index (χ1v) is 7.76. The van der Waals surface area contributed by atoms with E-state index in [1.54, 1.807) is 0 Å². The molecule has 1 heterocycles. The van der Waals surface area contributed by atoms with Gasteiger partial charge < -0.3 is 18.7 Å². The van der Waals surface area contributed by atoms with Crippen molar-refractivity contribution < 1.29 is 32.7 Å². The molecule has 1 radical (unpaired) electrons. The van der Waals surface area contributed by atoms with Crippen molar-refractivity contribution in [2.75, 3.05) is 13.6 Å². The molecule has 1 nitrogen and oxygen atoms in total. The van der Waals surface area contributed by atoms with Gasteiger partial charge in [0.15, 0.2) is 0 Å². The van der Waals surface area contributed by atoms with Crippen LogP contribution in [0.2, 0.25) is 0 Å². The molecule has 1 aliphatic rings. The monoisotopic (exact) mass is 358 g/mol. The molecule has 0 aromatic heterocycles. The van der Waals surface area contributed by atoms with Crippen molar-refractivity contribution in [3.63, 3.8) is 0 Å². The molecule has 1 saturated heterocycles.